The smallest absolute Gasteiger partial charge is 0.417 e. The molecule has 0 amide bonds. The number of nitrogens with two attached hydrogens (primary N) is 1. The molecule has 0 saturated heterocycles. The van der Waals surface area contributed by atoms with Gasteiger partial charge in [-0.1, -0.05) is 0 Å². The van der Waals surface area contributed by atoms with Crippen molar-refractivity contribution >= 4 is 11.5 Å². The van der Waals surface area contributed by atoms with Crippen LogP contribution in [0, 0.1) is 0 Å². The number of benzene rings is 1. The third-order valence-electron chi connectivity index (χ3n) is 2.05. The topological polar surface area (TPSA) is 52.3 Å². The van der Waals surface area contributed by atoms with E-state index >= 15 is 0 Å². The Bertz CT molecular complexity index is 470. The maximum atomic E-state index is 12.6. The van der Waals surface area contributed by atoms with Gasteiger partial charge in [-0.15, -0.1) is 0 Å². The third-order valence-corrected chi connectivity index (χ3v) is 2.05. The summed E-state index contributed by atoms with van der Waals surface area (Å²) < 4.78 is 65.6. The third kappa shape index (κ3) is 3.08. The van der Waals surface area contributed by atoms with Crippen molar-refractivity contribution in [2.45, 2.75) is 19.7 Å². The van der Waals surface area contributed by atoms with E-state index in [1.807, 2.05) is 0 Å². The normalized spacial score (nSPS) is 11.7. The van der Waals surface area contributed by atoms with Crippen molar-refractivity contribution in [3.05, 3.63) is 23.3 Å². The lowest BCUT2D eigenvalue weighted by Crippen LogP contribution is -2.14. The molecular weight excluding hydrogens is 261 g/mol. The van der Waals surface area contributed by atoms with Gasteiger partial charge in [-0.3, -0.25) is 4.79 Å². The van der Waals surface area contributed by atoms with Crippen LogP contribution in [0.1, 0.15) is 22.8 Å². The van der Waals surface area contributed by atoms with Crippen molar-refractivity contribution in [3.63, 3.8) is 0 Å². The van der Waals surface area contributed by atoms with Gasteiger partial charge in [-0.25, -0.2) is 0 Å². The van der Waals surface area contributed by atoms with Gasteiger partial charge < -0.3 is 10.5 Å². The molecule has 0 heterocycles. The lowest BCUT2D eigenvalue weighted by atomic mass is 10.0. The van der Waals surface area contributed by atoms with Gasteiger partial charge in [0.1, 0.15) is 5.75 Å². The summed E-state index contributed by atoms with van der Waals surface area (Å²) >= 11 is 0. The number of anilines is 1. The van der Waals surface area contributed by atoms with E-state index < -0.39 is 41.1 Å². The zero-order valence-corrected chi connectivity index (χ0v) is 9.02. The maximum absolute atomic E-state index is 12.6. The fourth-order valence-corrected chi connectivity index (χ4v) is 1.32. The lowest BCUT2D eigenvalue weighted by molar-refractivity contribution is -0.138. The molecule has 1 rings (SSSR count). The molecule has 0 aliphatic heterocycles. The number of carbonyl (C=O) groups is 1. The van der Waals surface area contributed by atoms with Crippen molar-refractivity contribution in [2.75, 3.05) is 5.73 Å². The molecule has 0 fully saturated rings. The molecule has 0 atom stereocenters. The van der Waals surface area contributed by atoms with Gasteiger partial charge in [0.25, 0.3) is 0 Å². The largest absolute Gasteiger partial charge is 0.433 e. The zero-order chi connectivity index (χ0) is 14.1. The molecule has 1 aromatic carbocycles. The summed E-state index contributed by atoms with van der Waals surface area (Å²) in [5.74, 6) is -1.69. The quantitative estimate of drug-likeness (QED) is 0.521. The number of hydrogen-bond donors (Lipinski definition) is 1. The highest BCUT2D eigenvalue weighted by atomic mass is 19.4. The van der Waals surface area contributed by atoms with Crippen LogP contribution in [0.4, 0.5) is 27.6 Å². The Kier molecular flexibility index (Phi) is 3.78. The number of nitrogen functional groups attached to an aromatic ring is 1. The van der Waals surface area contributed by atoms with Crippen LogP contribution in [0.5, 0.6) is 5.75 Å². The fraction of sp³-hybridized carbons (Fsp3) is 0.300. The average molecular weight is 269 g/mol. The highest BCUT2D eigenvalue weighted by Crippen LogP contribution is 2.37. The Balaban J connectivity index is 3.41. The molecule has 0 saturated carbocycles. The van der Waals surface area contributed by atoms with Crippen molar-refractivity contribution < 1.29 is 31.5 Å². The van der Waals surface area contributed by atoms with Gasteiger partial charge in [-0.2, -0.15) is 22.0 Å². The molecule has 0 unspecified atom stereocenters. The Morgan fingerprint density at radius 2 is 1.89 bits per heavy atom. The molecule has 8 heteroatoms. The number of carbonyl (C=O) groups excluding carboxylic acids is 1. The highest BCUT2D eigenvalue weighted by molar-refractivity contribution is 5.97. The van der Waals surface area contributed by atoms with E-state index in [0.717, 1.165) is 6.92 Å². The van der Waals surface area contributed by atoms with Crippen molar-refractivity contribution in [1.82, 2.24) is 0 Å². The molecule has 0 bridgehead atoms. The molecule has 0 aromatic heterocycles. The first kappa shape index (κ1) is 14.2. The minimum Gasteiger partial charge on any atom is -0.433 e. The predicted octanol–water partition coefficient (Wildman–Crippen LogP) is 3.09. The number of rotatable bonds is 3. The van der Waals surface area contributed by atoms with E-state index in [2.05, 4.69) is 4.74 Å². The Morgan fingerprint density at radius 1 is 1.33 bits per heavy atom. The average Bonchev–Trinajstić information content (AvgIpc) is 2.17. The van der Waals surface area contributed by atoms with Crippen molar-refractivity contribution in [3.8, 4) is 5.75 Å². The van der Waals surface area contributed by atoms with Gasteiger partial charge in [0.05, 0.1) is 11.3 Å². The molecule has 0 aliphatic rings. The Morgan fingerprint density at radius 3 is 2.28 bits per heavy atom. The fourth-order valence-electron chi connectivity index (χ4n) is 1.32. The number of halogens is 5. The summed E-state index contributed by atoms with van der Waals surface area (Å²) in [7, 11) is 0. The second-order valence-corrected chi connectivity index (χ2v) is 3.37. The second-order valence-electron chi connectivity index (χ2n) is 3.37. The van der Waals surface area contributed by atoms with Crippen LogP contribution in [0.15, 0.2) is 12.1 Å². The van der Waals surface area contributed by atoms with Crippen LogP contribution in [0.2, 0.25) is 0 Å². The summed E-state index contributed by atoms with van der Waals surface area (Å²) in [6.45, 7) is -2.39. The molecule has 1 aromatic rings. The van der Waals surface area contributed by atoms with E-state index in [1.54, 1.807) is 0 Å². The molecule has 100 valence electrons. The van der Waals surface area contributed by atoms with Crippen molar-refractivity contribution in [1.29, 1.82) is 0 Å². The standard InChI is InChI=1S/C10H8F5NO2/c1-4(17)5-2-7(16)8(18-9(11)12)3-6(5)10(13,14)15/h2-3,9H,16H2,1H3. The number of ketones is 1. The van der Waals surface area contributed by atoms with Crippen LogP contribution in [-0.4, -0.2) is 12.4 Å². The molecule has 18 heavy (non-hydrogen) atoms. The maximum Gasteiger partial charge on any atom is 0.417 e. The van der Waals surface area contributed by atoms with Gasteiger partial charge in [0.15, 0.2) is 5.78 Å². The molecule has 2 N–H and O–H groups in total. The van der Waals surface area contributed by atoms with Crippen LogP contribution in [-0.2, 0) is 6.18 Å². The lowest BCUT2D eigenvalue weighted by Gasteiger charge is -2.15. The summed E-state index contributed by atoms with van der Waals surface area (Å²) in [6, 6.07) is 0.959. The number of ether oxygens (including phenoxy) is 1. The predicted molar refractivity (Wildman–Crippen MR) is 52.5 cm³/mol. The van der Waals surface area contributed by atoms with E-state index in [-0.39, 0.29) is 6.07 Å². The minimum atomic E-state index is -4.87. The first-order chi connectivity index (χ1) is 8.12. The van der Waals surface area contributed by atoms with Gasteiger partial charge >= 0.3 is 12.8 Å². The van der Waals surface area contributed by atoms with E-state index in [4.69, 9.17) is 5.73 Å². The molecule has 0 radical (unpaired) electrons. The SMILES string of the molecule is CC(=O)c1cc(N)c(OC(F)F)cc1C(F)(F)F. The number of alkyl halides is 5. The summed E-state index contributed by atoms with van der Waals surface area (Å²) in [5, 5.41) is 0. The van der Waals surface area contributed by atoms with E-state index in [9.17, 15) is 26.7 Å². The zero-order valence-electron chi connectivity index (χ0n) is 9.02. The van der Waals surface area contributed by atoms with Gasteiger partial charge in [-0.05, 0) is 19.1 Å². The first-order valence-electron chi connectivity index (χ1n) is 4.59. The summed E-state index contributed by atoms with van der Waals surface area (Å²) in [5.41, 5.74) is 2.72. The molecule has 0 aliphatic carbocycles. The van der Waals surface area contributed by atoms with Gasteiger partial charge in [0, 0.05) is 5.56 Å². The van der Waals surface area contributed by atoms with E-state index in [1.165, 1.54) is 0 Å². The van der Waals surface area contributed by atoms with Crippen LogP contribution in [0.3, 0.4) is 0 Å². The molecule has 0 spiro atoms. The van der Waals surface area contributed by atoms with E-state index in [0.29, 0.717) is 6.07 Å². The highest BCUT2D eigenvalue weighted by Gasteiger charge is 2.35. The Labute approximate surface area is 98.3 Å². The first-order valence-corrected chi connectivity index (χ1v) is 4.59. The molecular formula is C10H8F5NO2. The molecule has 3 nitrogen and oxygen atoms in total. The van der Waals surface area contributed by atoms with Crippen molar-refractivity contribution in [2.24, 2.45) is 0 Å². The number of Topliss-reactive ketones (excluding diaryl/α,β-unsaturated/α-hetero) is 1. The monoisotopic (exact) mass is 269 g/mol. The minimum absolute atomic E-state index is 0.290. The second kappa shape index (κ2) is 4.79. The van der Waals surface area contributed by atoms with Gasteiger partial charge in [0.2, 0.25) is 0 Å². The van der Waals surface area contributed by atoms with Crippen LogP contribution < -0.4 is 10.5 Å². The number of hydrogen-bond acceptors (Lipinski definition) is 3. The summed E-state index contributed by atoms with van der Waals surface area (Å²) in [6.07, 6.45) is -4.87. The Hall–Kier alpha value is -1.86. The van der Waals surface area contributed by atoms with Crippen LogP contribution in [0.25, 0.3) is 0 Å². The van der Waals surface area contributed by atoms with Crippen LogP contribution >= 0.6 is 0 Å². The summed E-state index contributed by atoms with van der Waals surface area (Å²) in [4.78, 5) is 11.1.